The largest absolute Gasteiger partial charge is 0.476 e. The molecule has 1 aromatic heterocycles. The van der Waals surface area contributed by atoms with Crippen LogP contribution in [-0.2, 0) is 4.79 Å². The van der Waals surface area contributed by atoms with Gasteiger partial charge in [-0.05, 0) is 50.4 Å². The molecule has 0 radical (unpaired) electrons. The van der Waals surface area contributed by atoms with E-state index in [0.717, 1.165) is 4.90 Å². The molecule has 14 heteroatoms. The Kier molecular flexibility index (Phi) is 8.76. The van der Waals surface area contributed by atoms with Gasteiger partial charge in [0.2, 0.25) is 11.8 Å². The molecule has 0 spiro atoms. The van der Waals surface area contributed by atoms with E-state index < -0.39 is 42.6 Å². The Hall–Kier alpha value is -3.23. The number of aromatic nitrogens is 2. The van der Waals surface area contributed by atoms with Gasteiger partial charge < -0.3 is 15.2 Å². The molecule has 2 aliphatic heterocycles. The standard InChI is InChI=1S/C25H28F5N5O4/c26-24(27,25(28,29)30)14-35-7-5-15(6-8-35)13-39-21-12-32-20(11-33-21)16-1-3-17(4-2-16)22(37)34-23(38)19-9-18(36)10-31-19/h1-4,11-12,15,18-19,31,36H,5-10,13-14H2,(H,34,37,38)/t18-,19+/m1/s1. The van der Waals surface area contributed by atoms with Gasteiger partial charge in [0, 0.05) is 17.7 Å². The number of imide groups is 1. The van der Waals surface area contributed by atoms with Crippen LogP contribution in [0.15, 0.2) is 36.7 Å². The maximum Gasteiger partial charge on any atom is 0.454 e. The first-order valence-corrected chi connectivity index (χ1v) is 12.4. The second-order valence-corrected chi connectivity index (χ2v) is 9.72. The first kappa shape index (κ1) is 28.8. The number of rotatable bonds is 8. The number of halogens is 5. The summed E-state index contributed by atoms with van der Waals surface area (Å²) in [7, 11) is 0. The molecule has 0 aliphatic carbocycles. The third kappa shape index (κ3) is 7.46. The summed E-state index contributed by atoms with van der Waals surface area (Å²) in [5, 5.41) is 14.7. The van der Waals surface area contributed by atoms with E-state index in [9.17, 15) is 36.6 Å². The number of likely N-dealkylation sites (tertiary alicyclic amines) is 1. The molecule has 2 amide bonds. The molecule has 3 N–H and O–H groups in total. The van der Waals surface area contributed by atoms with Gasteiger partial charge in [-0.25, -0.2) is 9.97 Å². The number of aliphatic hydroxyl groups excluding tert-OH is 1. The predicted molar refractivity (Wildman–Crippen MR) is 128 cm³/mol. The first-order chi connectivity index (χ1) is 18.4. The van der Waals surface area contributed by atoms with Gasteiger partial charge in [-0.1, -0.05) is 12.1 Å². The Labute approximate surface area is 220 Å². The molecule has 4 rings (SSSR count). The monoisotopic (exact) mass is 557 g/mol. The van der Waals surface area contributed by atoms with Crippen molar-refractivity contribution in [3.63, 3.8) is 0 Å². The molecule has 2 atom stereocenters. The van der Waals surface area contributed by atoms with Crippen LogP contribution in [0.2, 0.25) is 0 Å². The van der Waals surface area contributed by atoms with Gasteiger partial charge in [0.1, 0.15) is 0 Å². The van der Waals surface area contributed by atoms with Crippen molar-refractivity contribution in [3.05, 3.63) is 42.2 Å². The van der Waals surface area contributed by atoms with Crippen LogP contribution in [0, 0.1) is 5.92 Å². The zero-order chi connectivity index (χ0) is 28.2. The minimum absolute atomic E-state index is 0.0117. The minimum atomic E-state index is -5.56. The van der Waals surface area contributed by atoms with E-state index in [1.807, 2.05) is 0 Å². The highest BCUT2D eigenvalue weighted by molar-refractivity contribution is 6.06. The highest BCUT2D eigenvalue weighted by atomic mass is 19.4. The van der Waals surface area contributed by atoms with E-state index in [1.54, 1.807) is 12.1 Å². The lowest BCUT2D eigenvalue weighted by molar-refractivity contribution is -0.287. The molecule has 0 saturated carbocycles. The number of piperidine rings is 1. The third-order valence-electron chi connectivity index (χ3n) is 6.74. The lowest BCUT2D eigenvalue weighted by Gasteiger charge is -2.34. The third-order valence-corrected chi connectivity index (χ3v) is 6.74. The molecule has 0 unspecified atom stereocenters. The van der Waals surface area contributed by atoms with Crippen molar-refractivity contribution in [1.82, 2.24) is 25.5 Å². The summed E-state index contributed by atoms with van der Waals surface area (Å²) < 4.78 is 69.4. The van der Waals surface area contributed by atoms with Crippen LogP contribution in [0.1, 0.15) is 29.6 Å². The first-order valence-electron chi connectivity index (χ1n) is 12.4. The number of amides is 2. The predicted octanol–water partition coefficient (Wildman–Crippen LogP) is 2.41. The van der Waals surface area contributed by atoms with E-state index in [-0.39, 0.29) is 43.5 Å². The zero-order valence-electron chi connectivity index (χ0n) is 20.8. The Morgan fingerprint density at radius 2 is 1.77 bits per heavy atom. The summed E-state index contributed by atoms with van der Waals surface area (Å²) in [6, 6.07) is 5.76. The maximum absolute atomic E-state index is 13.3. The van der Waals surface area contributed by atoms with Crippen LogP contribution in [-0.4, -0.2) is 88.8 Å². The number of ether oxygens (including phenoxy) is 1. The second-order valence-electron chi connectivity index (χ2n) is 9.72. The molecule has 2 aromatic rings. The molecular formula is C25H28F5N5O4. The number of alkyl halides is 5. The fraction of sp³-hybridized carbons (Fsp3) is 0.520. The number of hydrogen-bond acceptors (Lipinski definition) is 8. The molecule has 3 heterocycles. The van der Waals surface area contributed by atoms with E-state index >= 15 is 0 Å². The Morgan fingerprint density at radius 1 is 1.08 bits per heavy atom. The molecule has 2 fully saturated rings. The summed E-state index contributed by atoms with van der Waals surface area (Å²) in [6.07, 6.45) is -2.21. The van der Waals surface area contributed by atoms with Gasteiger partial charge in [-0.15, -0.1) is 0 Å². The number of nitrogens with zero attached hydrogens (tertiary/aromatic N) is 3. The van der Waals surface area contributed by atoms with Crippen LogP contribution in [0.4, 0.5) is 22.0 Å². The van der Waals surface area contributed by atoms with Gasteiger partial charge in [-0.2, -0.15) is 22.0 Å². The number of β-amino-alcohol motifs (C(OH)–C–C–N with tert-alkyl or cyclic N) is 1. The number of hydrogen-bond donors (Lipinski definition) is 3. The smallest absolute Gasteiger partial charge is 0.454 e. The number of carbonyl (C=O) groups is 2. The summed E-state index contributed by atoms with van der Waals surface area (Å²) in [5.41, 5.74) is 1.45. The lowest BCUT2D eigenvalue weighted by Crippen LogP contribution is -2.49. The average Bonchev–Trinajstić information content (AvgIpc) is 3.34. The Balaban J connectivity index is 1.22. The van der Waals surface area contributed by atoms with Gasteiger partial charge >= 0.3 is 12.1 Å². The molecular weight excluding hydrogens is 529 g/mol. The lowest BCUT2D eigenvalue weighted by atomic mass is 9.97. The summed E-state index contributed by atoms with van der Waals surface area (Å²) in [5.74, 6) is -5.58. The van der Waals surface area contributed by atoms with Crippen molar-refractivity contribution in [2.45, 2.75) is 43.5 Å². The van der Waals surface area contributed by atoms with Crippen molar-refractivity contribution in [1.29, 1.82) is 0 Å². The van der Waals surface area contributed by atoms with Gasteiger partial charge in [-0.3, -0.25) is 19.8 Å². The molecule has 9 nitrogen and oxygen atoms in total. The summed E-state index contributed by atoms with van der Waals surface area (Å²) in [6.45, 7) is -0.581. The minimum Gasteiger partial charge on any atom is -0.476 e. The average molecular weight is 558 g/mol. The normalized spacial score (nSPS) is 21.1. The van der Waals surface area contributed by atoms with Crippen molar-refractivity contribution in [3.8, 4) is 17.1 Å². The number of benzene rings is 1. The molecule has 2 saturated heterocycles. The second kappa shape index (κ2) is 11.9. The van der Waals surface area contributed by atoms with Crippen molar-refractivity contribution in [2.75, 3.05) is 32.8 Å². The number of aliphatic hydroxyl groups is 1. The van der Waals surface area contributed by atoms with E-state index in [4.69, 9.17) is 4.74 Å². The topological polar surface area (TPSA) is 117 Å². The molecule has 39 heavy (non-hydrogen) atoms. The zero-order valence-corrected chi connectivity index (χ0v) is 20.8. The molecule has 0 bridgehead atoms. The van der Waals surface area contributed by atoms with Crippen LogP contribution in [0.5, 0.6) is 5.88 Å². The van der Waals surface area contributed by atoms with Crippen molar-refractivity contribution < 1.29 is 41.4 Å². The molecule has 1 aromatic carbocycles. The highest BCUT2D eigenvalue weighted by Crippen LogP contribution is 2.36. The van der Waals surface area contributed by atoms with E-state index in [1.165, 1.54) is 24.5 Å². The van der Waals surface area contributed by atoms with Crippen molar-refractivity contribution >= 4 is 11.8 Å². The van der Waals surface area contributed by atoms with Crippen LogP contribution < -0.4 is 15.4 Å². The van der Waals surface area contributed by atoms with Crippen molar-refractivity contribution in [2.24, 2.45) is 5.92 Å². The van der Waals surface area contributed by atoms with Gasteiger partial charge in [0.05, 0.1) is 43.4 Å². The number of carbonyl (C=O) groups excluding carboxylic acids is 2. The summed E-state index contributed by atoms with van der Waals surface area (Å²) >= 11 is 0. The quantitative estimate of drug-likeness (QED) is 0.335. The number of nitrogens with one attached hydrogen (secondary N) is 2. The Bertz CT molecular complexity index is 1140. The molecule has 212 valence electrons. The SMILES string of the molecule is O=C(NC(=O)[C@@H]1C[C@@H](O)CN1)c1ccc(-c2cnc(OCC3CCN(CC(F)(F)C(F)(F)F)CC3)cn2)cc1. The van der Waals surface area contributed by atoms with E-state index in [2.05, 4.69) is 20.6 Å². The maximum atomic E-state index is 13.3. The van der Waals surface area contributed by atoms with Gasteiger partial charge in [0.15, 0.2) is 0 Å². The van der Waals surface area contributed by atoms with E-state index in [0.29, 0.717) is 30.6 Å². The summed E-state index contributed by atoms with van der Waals surface area (Å²) in [4.78, 5) is 34.1. The highest BCUT2D eigenvalue weighted by Gasteiger charge is 2.58. The Morgan fingerprint density at radius 3 is 2.33 bits per heavy atom. The van der Waals surface area contributed by atoms with Crippen LogP contribution in [0.3, 0.4) is 0 Å². The molecule has 2 aliphatic rings. The fourth-order valence-electron chi connectivity index (χ4n) is 4.41. The van der Waals surface area contributed by atoms with Crippen LogP contribution in [0.25, 0.3) is 11.3 Å². The fourth-order valence-corrected chi connectivity index (χ4v) is 4.41. The van der Waals surface area contributed by atoms with Gasteiger partial charge in [0.25, 0.3) is 5.91 Å². The van der Waals surface area contributed by atoms with Crippen LogP contribution >= 0.6 is 0 Å².